The number of thiophene rings is 1. The van der Waals surface area contributed by atoms with Crippen LogP contribution in [0.25, 0.3) is 0 Å². The Kier molecular flexibility index (Phi) is 6.97. The summed E-state index contributed by atoms with van der Waals surface area (Å²) in [5.74, 6) is 5.68. The molecule has 4 aliphatic carbocycles. The number of carbonyl (C=O) groups excluding carboxylic acids is 1. The second kappa shape index (κ2) is 9.93. The van der Waals surface area contributed by atoms with E-state index in [1.54, 1.807) is 0 Å². The standard InChI is InChI=1S/C32H49NO2S/c1-4-22-20-25-27-11-10-24(31(27,2)16-12-28(25)32(3)15-6-5-9-26(22)32)8-7-18-35-30(34)33-17-13-29-23(21-33)14-19-36-29/h14,19,22,24-28H,4-13,15-18,20-21H2,1-3H3/t22-,24?,25?,26?,27?,28-,31?,32?/m0/s1. The average Bonchev–Trinajstić information content (AvgIpc) is 3.49. The van der Waals surface area contributed by atoms with E-state index in [-0.39, 0.29) is 6.09 Å². The molecule has 4 saturated carbocycles. The van der Waals surface area contributed by atoms with E-state index >= 15 is 0 Å². The zero-order valence-corrected chi connectivity index (χ0v) is 23.9. The Labute approximate surface area is 223 Å². The van der Waals surface area contributed by atoms with E-state index in [4.69, 9.17) is 4.74 Å². The quantitative estimate of drug-likeness (QED) is 0.370. The highest BCUT2D eigenvalue weighted by Crippen LogP contribution is 2.69. The Morgan fingerprint density at radius 1 is 1.08 bits per heavy atom. The van der Waals surface area contributed by atoms with Gasteiger partial charge in [-0.25, -0.2) is 4.79 Å². The molecule has 0 N–H and O–H groups in total. The van der Waals surface area contributed by atoms with Crippen molar-refractivity contribution in [2.24, 2.45) is 46.3 Å². The SMILES string of the molecule is CC[C@H]1CC2C3CCC(CCCOC(=O)N4CCc5sccc5C4)C3(C)CC[C@@H]2C2(C)CCCCC12. The van der Waals surface area contributed by atoms with Crippen molar-refractivity contribution in [2.45, 2.75) is 111 Å². The highest BCUT2D eigenvalue weighted by atomic mass is 32.1. The number of fused-ring (bicyclic) bond motifs is 6. The van der Waals surface area contributed by atoms with Crippen LogP contribution in [0.3, 0.4) is 0 Å². The molecule has 1 aromatic heterocycles. The van der Waals surface area contributed by atoms with Gasteiger partial charge in [-0.3, -0.25) is 0 Å². The zero-order valence-electron chi connectivity index (χ0n) is 23.1. The van der Waals surface area contributed by atoms with E-state index in [1.807, 2.05) is 16.2 Å². The van der Waals surface area contributed by atoms with Gasteiger partial charge in [0.2, 0.25) is 0 Å². The summed E-state index contributed by atoms with van der Waals surface area (Å²) in [5, 5.41) is 2.14. The number of amides is 1. The van der Waals surface area contributed by atoms with Gasteiger partial charge in [0.15, 0.2) is 0 Å². The molecule has 6 unspecified atom stereocenters. The van der Waals surface area contributed by atoms with Crippen molar-refractivity contribution in [1.29, 1.82) is 0 Å². The number of hydrogen-bond donors (Lipinski definition) is 0. The maximum Gasteiger partial charge on any atom is 0.410 e. The third kappa shape index (κ3) is 4.16. The van der Waals surface area contributed by atoms with E-state index < -0.39 is 0 Å². The molecule has 0 bridgehead atoms. The first-order chi connectivity index (χ1) is 17.4. The van der Waals surface area contributed by atoms with Gasteiger partial charge in [-0.15, -0.1) is 11.3 Å². The highest BCUT2D eigenvalue weighted by molar-refractivity contribution is 7.10. The maximum absolute atomic E-state index is 12.7. The fourth-order valence-corrected chi connectivity index (χ4v) is 11.5. The van der Waals surface area contributed by atoms with Crippen LogP contribution in [0.4, 0.5) is 4.79 Å². The molecule has 0 aromatic carbocycles. The molecule has 4 heteroatoms. The lowest BCUT2D eigenvalue weighted by Crippen LogP contribution is -2.55. The zero-order chi connectivity index (χ0) is 24.9. The van der Waals surface area contributed by atoms with Gasteiger partial charge >= 0.3 is 6.09 Å². The van der Waals surface area contributed by atoms with Crippen LogP contribution in [0.5, 0.6) is 0 Å². The Hall–Kier alpha value is -1.03. The van der Waals surface area contributed by atoms with Gasteiger partial charge in [0.1, 0.15) is 0 Å². The van der Waals surface area contributed by atoms with Gasteiger partial charge in [0, 0.05) is 11.4 Å². The number of carbonyl (C=O) groups is 1. The monoisotopic (exact) mass is 511 g/mol. The van der Waals surface area contributed by atoms with Crippen LogP contribution in [-0.2, 0) is 17.7 Å². The third-order valence-electron chi connectivity index (χ3n) is 12.5. The minimum Gasteiger partial charge on any atom is -0.449 e. The molecular formula is C32H49NO2S. The average molecular weight is 512 g/mol. The molecule has 4 fully saturated rings. The molecule has 8 atom stereocenters. The first-order valence-electron chi connectivity index (χ1n) is 15.4. The normalized spacial score (nSPS) is 41.7. The predicted octanol–water partition coefficient (Wildman–Crippen LogP) is 8.71. The largest absolute Gasteiger partial charge is 0.449 e. The lowest BCUT2D eigenvalue weighted by Gasteiger charge is -2.62. The Morgan fingerprint density at radius 2 is 1.94 bits per heavy atom. The van der Waals surface area contributed by atoms with E-state index in [0.29, 0.717) is 17.4 Å². The van der Waals surface area contributed by atoms with Gasteiger partial charge in [-0.2, -0.15) is 0 Å². The van der Waals surface area contributed by atoms with Crippen molar-refractivity contribution in [3.05, 3.63) is 21.9 Å². The van der Waals surface area contributed by atoms with Crippen molar-refractivity contribution < 1.29 is 9.53 Å². The number of nitrogens with zero attached hydrogens (tertiary/aromatic N) is 1. The molecule has 5 aliphatic rings. The molecule has 6 rings (SSSR count). The smallest absolute Gasteiger partial charge is 0.410 e. The van der Waals surface area contributed by atoms with E-state index in [2.05, 4.69) is 32.2 Å². The molecule has 3 nitrogen and oxygen atoms in total. The van der Waals surface area contributed by atoms with Gasteiger partial charge in [0.25, 0.3) is 0 Å². The van der Waals surface area contributed by atoms with Gasteiger partial charge in [-0.1, -0.05) is 40.0 Å². The lowest BCUT2D eigenvalue weighted by atomic mass is 9.42. The molecule has 1 aliphatic heterocycles. The highest BCUT2D eigenvalue weighted by Gasteiger charge is 2.60. The van der Waals surface area contributed by atoms with Crippen LogP contribution in [0.15, 0.2) is 11.4 Å². The second-order valence-electron chi connectivity index (χ2n) is 13.8. The summed E-state index contributed by atoms with van der Waals surface area (Å²) in [6, 6.07) is 2.16. The number of rotatable bonds is 5. The molecule has 0 radical (unpaired) electrons. The molecular weight excluding hydrogens is 462 g/mol. The molecule has 200 valence electrons. The van der Waals surface area contributed by atoms with Gasteiger partial charge < -0.3 is 9.64 Å². The van der Waals surface area contributed by atoms with Gasteiger partial charge in [0.05, 0.1) is 13.2 Å². The summed E-state index contributed by atoms with van der Waals surface area (Å²) >= 11 is 1.82. The first-order valence-corrected chi connectivity index (χ1v) is 16.3. The van der Waals surface area contributed by atoms with Crippen LogP contribution < -0.4 is 0 Å². The summed E-state index contributed by atoms with van der Waals surface area (Å²) in [5.41, 5.74) is 2.45. The second-order valence-corrected chi connectivity index (χ2v) is 14.8. The van der Waals surface area contributed by atoms with E-state index in [9.17, 15) is 4.79 Å². The summed E-state index contributed by atoms with van der Waals surface area (Å²) in [6.07, 6.45) is 17.8. The molecule has 2 heterocycles. The van der Waals surface area contributed by atoms with Crippen molar-refractivity contribution in [2.75, 3.05) is 13.2 Å². The van der Waals surface area contributed by atoms with Crippen molar-refractivity contribution in [3.8, 4) is 0 Å². The van der Waals surface area contributed by atoms with Crippen LogP contribution in [0.1, 0.15) is 108 Å². The summed E-state index contributed by atoms with van der Waals surface area (Å²) in [4.78, 5) is 16.0. The maximum atomic E-state index is 12.7. The number of ether oxygens (including phenoxy) is 1. The predicted molar refractivity (Wildman–Crippen MR) is 148 cm³/mol. The fraction of sp³-hybridized carbons (Fsp3) is 0.844. The van der Waals surface area contributed by atoms with Crippen molar-refractivity contribution in [1.82, 2.24) is 4.90 Å². The first kappa shape index (κ1) is 25.3. The molecule has 1 amide bonds. The lowest BCUT2D eigenvalue weighted by molar-refractivity contribution is -0.135. The topological polar surface area (TPSA) is 29.5 Å². The van der Waals surface area contributed by atoms with E-state index in [0.717, 1.165) is 61.4 Å². The minimum atomic E-state index is -0.106. The third-order valence-corrected chi connectivity index (χ3v) is 13.5. The van der Waals surface area contributed by atoms with Crippen LogP contribution in [-0.4, -0.2) is 24.1 Å². The van der Waals surface area contributed by atoms with Crippen molar-refractivity contribution in [3.63, 3.8) is 0 Å². The minimum absolute atomic E-state index is 0.106. The Bertz CT molecular complexity index is 942. The molecule has 0 spiro atoms. The van der Waals surface area contributed by atoms with Gasteiger partial charge in [-0.05, 0) is 128 Å². The summed E-state index contributed by atoms with van der Waals surface area (Å²) in [7, 11) is 0. The van der Waals surface area contributed by atoms with Crippen molar-refractivity contribution >= 4 is 17.4 Å². The Balaban J connectivity index is 1.04. The van der Waals surface area contributed by atoms with Crippen LogP contribution >= 0.6 is 11.3 Å². The summed E-state index contributed by atoms with van der Waals surface area (Å²) < 4.78 is 5.78. The van der Waals surface area contributed by atoms with Crippen LogP contribution in [0.2, 0.25) is 0 Å². The van der Waals surface area contributed by atoms with Crippen LogP contribution in [0, 0.1) is 46.3 Å². The molecule has 36 heavy (non-hydrogen) atoms. The fourth-order valence-electron chi connectivity index (χ4n) is 10.6. The number of hydrogen-bond acceptors (Lipinski definition) is 3. The molecule has 1 aromatic rings. The molecule has 0 saturated heterocycles. The van der Waals surface area contributed by atoms with E-state index in [1.165, 1.54) is 81.1 Å². The Morgan fingerprint density at radius 3 is 2.81 bits per heavy atom. The summed E-state index contributed by atoms with van der Waals surface area (Å²) in [6.45, 7) is 9.98.